The molecule has 4 nitrogen and oxygen atoms in total. The first kappa shape index (κ1) is 13.4. The van der Waals surface area contributed by atoms with Crippen LogP contribution in [-0.4, -0.2) is 16.8 Å². The molecule has 1 heterocycles. The highest BCUT2D eigenvalue weighted by Gasteiger charge is 2.64. The Morgan fingerprint density at radius 1 is 1.19 bits per heavy atom. The summed E-state index contributed by atoms with van der Waals surface area (Å²) in [6.45, 7) is 2.01. The maximum Gasteiger partial charge on any atom is 0.326 e. The molecule has 0 unspecified atom stereocenters. The normalized spacial score (nSPS) is 23.2. The molecular formula is C17H14N2O2. The van der Waals surface area contributed by atoms with Crippen molar-refractivity contribution in [2.75, 3.05) is 0 Å². The summed E-state index contributed by atoms with van der Waals surface area (Å²) in [5, 5.41) is 0. The molecule has 0 saturated carbocycles. The van der Waals surface area contributed by atoms with E-state index in [2.05, 4.69) is 4.79 Å². The molecule has 0 aliphatic carbocycles. The van der Waals surface area contributed by atoms with Gasteiger partial charge in [0.2, 0.25) is 0 Å². The fraction of sp³-hybridized carbons (Fsp3) is 0.176. The van der Waals surface area contributed by atoms with E-state index in [0.717, 1.165) is 22.9 Å². The van der Waals surface area contributed by atoms with E-state index in [0.29, 0.717) is 0 Å². The average Bonchev–Trinajstić information content (AvgIpc) is 3.26. The van der Waals surface area contributed by atoms with Gasteiger partial charge in [-0.15, -0.1) is 0 Å². The van der Waals surface area contributed by atoms with Crippen molar-refractivity contribution in [1.29, 1.82) is 0 Å². The maximum atomic E-state index is 12.3. The first-order chi connectivity index (χ1) is 10.2. The van der Waals surface area contributed by atoms with Gasteiger partial charge in [-0.3, -0.25) is 4.79 Å². The van der Waals surface area contributed by atoms with Crippen LogP contribution < -0.4 is 0 Å². The number of carbonyl (C=O) groups is 1. The van der Waals surface area contributed by atoms with E-state index >= 15 is 0 Å². The highest BCUT2D eigenvalue weighted by molar-refractivity contribution is 6.30. The number of ether oxygens (including phenoxy) is 1. The van der Waals surface area contributed by atoms with Crippen molar-refractivity contribution in [2.24, 2.45) is 0 Å². The molecule has 0 aromatic heterocycles. The Bertz CT molecular complexity index is 718. The molecule has 2 atom stereocenters. The zero-order valence-corrected chi connectivity index (χ0v) is 11.6. The van der Waals surface area contributed by atoms with Crippen LogP contribution in [0.4, 0.5) is 0 Å². The highest BCUT2D eigenvalue weighted by Crippen LogP contribution is 2.57. The summed E-state index contributed by atoms with van der Waals surface area (Å²) in [6.07, 6.45) is 0.548. The monoisotopic (exact) mass is 278 g/mol. The summed E-state index contributed by atoms with van der Waals surface area (Å²) < 4.78 is 5.78. The van der Waals surface area contributed by atoms with Gasteiger partial charge in [0.15, 0.2) is 5.60 Å². The summed E-state index contributed by atoms with van der Waals surface area (Å²) in [5.74, 6) is -0.359. The van der Waals surface area contributed by atoms with E-state index in [1.165, 1.54) is 0 Å². The topological polar surface area (TPSA) is 66.0 Å². The van der Waals surface area contributed by atoms with Crippen LogP contribution in [-0.2, 0) is 15.1 Å². The van der Waals surface area contributed by atoms with E-state index in [4.69, 9.17) is 10.3 Å². The Balaban J connectivity index is 2.03. The van der Waals surface area contributed by atoms with E-state index in [1.54, 1.807) is 0 Å². The fourth-order valence-electron chi connectivity index (χ4n) is 2.58. The molecule has 0 N–H and O–H groups in total. The lowest BCUT2D eigenvalue weighted by Gasteiger charge is -2.08. The van der Waals surface area contributed by atoms with Crippen molar-refractivity contribution in [3.63, 3.8) is 0 Å². The van der Waals surface area contributed by atoms with E-state index in [9.17, 15) is 4.79 Å². The molecule has 21 heavy (non-hydrogen) atoms. The zero-order valence-electron chi connectivity index (χ0n) is 11.6. The van der Waals surface area contributed by atoms with Crippen molar-refractivity contribution >= 4 is 12.0 Å². The van der Waals surface area contributed by atoms with Gasteiger partial charge >= 0.3 is 6.21 Å². The SMILES string of the molecule is Cc1ccc([C@@H]2O[C@]2(C(=O)C=[N+]=[N-])c2ccccc2)cc1. The van der Waals surface area contributed by atoms with Crippen LogP contribution in [0.25, 0.3) is 5.53 Å². The first-order valence-electron chi connectivity index (χ1n) is 6.70. The Labute approximate surface area is 122 Å². The Morgan fingerprint density at radius 3 is 2.48 bits per heavy atom. The summed E-state index contributed by atoms with van der Waals surface area (Å²) in [7, 11) is 0. The fourth-order valence-corrected chi connectivity index (χ4v) is 2.58. The minimum atomic E-state index is -1.08. The number of hydrogen-bond acceptors (Lipinski definition) is 2. The Morgan fingerprint density at radius 2 is 1.86 bits per heavy atom. The summed E-state index contributed by atoms with van der Waals surface area (Å²) in [6, 6.07) is 17.2. The largest absolute Gasteiger partial charge is 0.361 e. The number of ketones is 1. The molecule has 2 aromatic carbocycles. The number of rotatable bonds is 4. The third kappa shape index (κ3) is 2.21. The van der Waals surface area contributed by atoms with E-state index < -0.39 is 5.60 Å². The van der Waals surface area contributed by atoms with Crippen LogP contribution in [0.2, 0.25) is 0 Å². The molecular weight excluding hydrogens is 264 g/mol. The van der Waals surface area contributed by atoms with Gasteiger partial charge in [0, 0.05) is 0 Å². The minimum Gasteiger partial charge on any atom is -0.361 e. The second kappa shape index (κ2) is 5.09. The van der Waals surface area contributed by atoms with Crippen LogP contribution in [0.1, 0.15) is 22.8 Å². The Kier molecular flexibility index (Phi) is 3.26. The highest BCUT2D eigenvalue weighted by atomic mass is 16.6. The van der Waals surface area contributed by atoms with E-state index in [-0.39, 0.29) is 11.9 Å². The lowest BCUT2D eigenvalue weighted by Crippen LogP contribution is -2.24. The van der Waals surface area contributed by atoms with Crippen LogP contribution in [0.3, 0.4) is 0 Å². The van der Waals surface area contributed by atoms with Crippen molar-refractivity contribution in [2.45, 2.75) is 18.6 Å². The predicted molar refractivity (Wildman–Crippen MR) is 77.8 cm³/mol. The third-order valence-corrected chi connectivity index (χ3v) is 3.74. The average molecular weight is 278 g/mol. The van der Waals surface area contributed by atoms with Gasteiger partial charge in [-0.25, -0.2) is 0 Å². The predicted octanol–water partition coefficient (Wildman–Crippen LogP) is 2.83. The Hall–Kier alpha value is -2.55. The van der Waals surface area contributed by atoms with Gasteiger partial charge in [0.05, 0.1) is 0 Å². The summed E-state index contributed by atoms with van der Waals surface area (Å²) in [5.41, 5.74) is 10.4. The molecule has 1 aliphatic heterocycles. The summed E-state index contributed by atoms with van der Waals surface area (Å²) in [4.78, 5) is 15.2. The van der Waals surface area contributed by atoms with Crippen molar-refractivity contribution in [3.05, 3.63) is 76.8 Å². The molecule has 4 heteroatoms. The third-order valence-electron chi connectivity index (χ3n) is 3.74. The lowest BCUT2D eigenvalue weighted by atomic mass is 9.88. The molecule has 3 rings (SSSR count). The number of Topliss-reactive ketones (excluding diaryl/α,β-unsaturated/α-hetero) is 1. The second-order valence-corrected chi connectivity index (χ2v) is 5.12. The molecule has 1 fully saturated rings. The molecule has 0 bridgehead atoms. The van der Waals surface area contributed by atoms with Crippen LogP contribution in [0, 0.1) is 6.92 Å². The van der Waals surface area contributed by atoms with Crippen LogP contribution in [0.15, 0.2) is 54.6 Å². The molecule has 1 aliphatic rings. The summed E-state index contributed by atoms with van der Waals surface area (Å²) >= 11 is 0. The molecule has 2 aromatic rings. The number of hydrogen-bond donors (Lipinski definition) is 0. The molecule has 0 amide bonds. The smallest absolute Gasteiger partial charge is 0.326 e. The number of benzene rings is 2. The van der Waals surface area contributed by atoms with Crippen molar-refractivity contribution in [3.8, 4) is 0 Å². The standard InChI is InChI=1S/C17H14N2O2/c1-12-7-9-13(10-8-12)16-17(21-16,15(20)11-19-18)14-5-3-2-4-6-14/h2-11,16H,1H3/t16-,17-/m0/s1. The molecule has 104 valence electrons. The van der Waals surface area contributed by atoms with Gasteiger partial charge in [-0.1, -0.05) is 60.2 Å². The quantitative estimate of drug-likeness (QED) is 0.373. The van der Waals surface area contributed by atoms with Crippen LogP contribution >= 0.6 is 0 Å². The van der Waals surface area contributed by atoms with Gasteiger partial charge in [0.25, 0.3) is 5.78 Å². The zero-order chi connectivity index (χ0) is 14.9. The van der Waals surface area contributed by atoms with Crippen LogP contribution in [0.5, 0.6) is 0 Å². The van der Waals surface area contributed by atoms with Gasteiger partial charge in [-0.2, -0.15) is 4.79 Å². The first-order valence-corrected chi connectivity index (χ1v) is 6.70. The van der Waals surface area contributed by atoms with E-state index in [1.807, 2.05) is 61.5 Å². The molecule has 1 saturated heterocycles. The number of aryl methyl sites for hydroxylation is 1. The maximum absolute atomic E-state index is 12.3. The lowest BCUT2D eigenvalue weighted by molar-refractivity contribution is -0.121. The minimum absolute atomic E-state index is 0.356. The number of carbonyl (C=O) groups excluding carboxylic acids is 1. The van der Waals surface area contributed by atoms with Crippen molar-refractivity contribution in [1.82, 2.24) is 0 Å². The van der Waals surface area contributed by atoms with Gasteiger partial charge < -0.3 is 10.3 Å². The van der Waals surface area contributed by atoms with Crippen molar-refractivity contribution < 1.29 is 14.3 Å². The second-order valence-electron chi connectivity index (χ2n) is 5.12. The van der Waals surface area contributed by atoms with Gasteiger partial charge in [-0.05, 0) is 18.1 Å². The van der Waals surface area contributed by atoms with Gasteiger partial charge in [0.1, 0.15) is 6.10 Å². The number of epoxide rings is 1. The molecule has 0 spiro atoms. The number of nitrogens with zero attached hydrogens (tertiary/aromatic N) is 2. The molecule has 0 radical (unpaired) electrons.